The van der Waals surface area contributed by atoms with Crippen LogP contribution in [0.5, 0.6) is 11.5 Å². The molecule has 1 aromatic carbocycles. The minimum atomic E-state index is -0.134. The van der Waals surface area contributed by atoms with Crippen molar-refractivity contribution in [2.75, 3.05) is 20.8 Å². The normalized spacial score (nSPS) is 21.1. The number of methoxy groups -OCH3 is 2. The summed E-state index contributed by atoms with van der Waals surface area (Å²) in [4.78, 5) is 27.2. The van der Waals surface area contributed by atoms with E-state index in [9.17, 15) is 9.59 Å². The SMILES string of the molecule is COc1ccc(CNC(=O)[C@H]2CCC(=O)N(C3CCCCCC3)C2)c(OC)c1. The van der Waals surface area contributed by atoms with E-state index >= 15 is 0 Å². The van der Waals surface area contributed by atoms with E-state index in [1.807, 2.05) is 23.1 Å². The molecule has 0 aromatic heterocycles. The molecule has 0 unspecified atom stereocenters. The maximum Gasteiger partial charge on any atom is 0.225 e. The van der Waals surface area contributed by atoms with Crippen LogP contribution in [0.3, 0.4) is 0 Å². The molecule has 1 aliphatic carbocycles. The molecular formula is C22H32N2O4. The van der Waals surface area contributed by atoms with Gasteiger partial charge in [0.2, 0.25) is 11.8 Å². The van der Waals surface area contributed by atoms with Gasteiger partial charge in [0.15, 0.2) is 0 Å². The maximum atomic E-state index is 12.8. The molecule has 1 saturated carbocycles. The van der Waals surface area contributed by atoms with Crippen LogP contribution in [0.1, 0.15) is 56.9 Å². The van der Waals surface area contributed by atoms with E-state index in [-0.39, 0.29) is 17.7 Å². The van der Waals surface area contributed by atoms with Crippen molar-refractivity contribution in [1.29, 1.82) is 0 Å². The van der Waals surface area contributed by atoms with Crippen LogP contribution in [-0.2, 0) is 16.1 Å². The van der Waals surface area contributed by atoms with E-state index in [1.54, 1.807) is 14.2 Å². The van der Waals surface area contributed by atoms with Gasteiger partial charge in [-0.1, -0.05) is 25.7 Å². The maximum absolute atomic E-state index is 12.8. The third-order valence-electron chi connectivity index (χ3n) is 6.03. The second-order valence-electron chi connectivity index (χ2n) is 7.82. The molecule has 6 heteroatoms. The molecule has 3 rings (SSSR count). The molecule has 1 saturated heterocycles. The minimum absolute atomic E-state index is 0.0176. The molecule has 1 N–H and O–H groups in total. The van der Waals surface area contributed by atoms with Gasteiger partial charge in [-0.2, -0.15) is 0 Å². The molecule has 2 fully saturated rings. The molecule has 0 spiro atoms. The zero-order valence-corrected chi connectivity index (χ0v) is 17.0. The zero-order chi connectivity index (χ0) is 19.9. The number of benzene rings is 1. The van der Waals surface area contributed by atoms with E-state index in [0.717, 1.165) is 24.2 Å². The molecule has 0 radical (unpaired) electrons. The molecule has 6 nitrogen and oxygen atoms in total. The van der Waals surface area contributed by atoms with Gasteiger partial charge in [-0.15, -0.1) is 0 Å². The van der Waals surface area contributed by atoms with Crippen molar-refractivity contribution < 1.29 is 19.1 Å². The number of ether oxygens (including phenoxy) is 2. The quantitative estimate of drug-likeness (QED) is 0.760. The highest BCUT2D eigenvalue weighted by Gasteiger charge is 2.34. The number of piperidine rings is 1. The Kier molecular flexibility index (Phi) is 7.18. The summed E-state index contributed by atoms with van der Waals surface area (Å²) >= 11 is 0. The summed E-state index contributed by atoms with van der Waals surface area (Å²) in [7, 11) is 3.22. The lowest BCUT2D eigenvalue weighted by Crippen LogP contribution is -2.49. The number of hydrogen-bond donors (Lipinski definition) is 1. The lowest BCUT2D eigenvalue weighted by molar-refractivity contribution is -0.141. The third kappa shape index (κ3) is 4.97. The number of hydrogen-bond acceptors (Lipinski definition) is 4. The van der Waals surface area contributed by atoms with Gasteiger partial charge in [0.05, 0.1) is 20.1 Å². The summed E-state index contributed by atoms with van der Waals surface area (Å²) < 4.78 is 10.6. The van der Waals surface area contributed by atoms with E-state index in [4.69, 9.17) is 9.47 Å². The molecule has 2 amide bonds. The molecule has 1 atom stereocenters. The molecule has 1 aromatic rings. The molecule has 1 aliphatic heterocycles. The van der Waals surface area contributed by atoms with Crippen molar-refractivity contribution in [2.24, 2.45) is 5.92 Å². The van der Waals surface area contributed by atoms with Crippen LogP contribution in [0.2, 0.25) is 0 Å². The average molecular weight is 389 g/mol. The fourth-order valence-electron chi connectivity index (χ4n) is 4.33. The van der Waals surface area contributed by atoms with Gasteiger partial charge in [0.1, 0.15) is 11.5 Å². The average Bonchev–Trinajstić information content (AvgIpc) is 3.01. The first-order chi connectivity index (χ1) is 13.6. The fraction of sp³-hybridized carbons (Fsp3) is 0.636. The standard InChI is InChI=1S/C22H32N2O4/c1-27-19-11-9-16(20(13-19)28-2)14-23-22(26)17-10-12-21(25)24(15-17)18-7-5-3-4-6-8-18/h9,11,13,17-18H,3-8,10,12,14-15H2,1-2H3,(H,23,26)/t17-/m0/s1. The van der Waals surface area contributed by atoms with Gasteiger partial charge in [-0.3, -0.25) is 9.59 Å². The summed E-state index contributed by atoms with van der Waals surface area (Å²) in [5.41, 5.74) is 0.907. The minimum Gasteiger partial charge on any atom is -0.497 e. The number of carbonyl (C=O) groups is 2. The Morgan fingerprint density at radius 1 is 1.11 bits per heavy atom. The van der Waals surface area contributed by atoms with Crippen LogP contribution in [-0.4, -0.2) is 43.5 Å². The number of likely N-dealkylation sites (tertiary alicyclic amines) is 1. The van der Waals surface area contributed by atoms with Crippen molar-refractivity contribution in [1.82, 2.24) is 10.2 Å². The van der Waals surface area contributed by atoms with Gasteiger partial charge < -0.3 is 19.7 Å². The van der Waals surface area contributed by atoms with Gasteiger partial charge in [-0.25, -0.2) is 0 Å². The van der Waals surface area contributed by atoms with Crippen LogP contribution >= 0.6 is 0 Å². The van der Waals surface area contributed by atoms with Crippen LogP contribution in [0.25, 0.3) is 0 Å². The molecule has 28 heavy (non-hydrogen) atoms. The molecule has 2 aliphatic rings. The predicted octanol–water partition coefficient (Wildman–Crippen LogP) is 3.28. The molecule has 0 bridgehead atoms. The summed E-state index contributed by atoms with van der Waals surface area (Å²) in [5, 5.41) is 3.03. The van der Waals surface area contributed by atoms with E-state index in [2.05, 4.69) is 5.32 Å². The predicted molar refractivity (Wildman–Crippen MR) is 107 cm³/mol. The van der Waals surface area contributed by atoms with Gasteiger partial charge in [-0.05, 0) is 31.4 Å². The Morgan fingerprint density at radius 2 is 1.86 bits per heavy atom. The Hall–Kier alpha value is -2.24. The molecular weight excluding hydrogens is 356 g/mol. The van der Waals surface area contributed by atoms with Crippen LogP contribution in [0.4, 0.5) is 0 Å². The largest absolute Gasteiger partial charge is 0.497 e. The first kappa shape index (κ1) is 20.5. The summed E-state index contributed by atoms with van der Waals surface area (Å²) in [6.07, 6.45) is 8.13. The highest BCUT2D eigenvalue weighted by Crippen LogP contribution is 2.28. The number of nitrogens with one attached hydrogen (secondary N) is 1. The Balaban J connectivity index is 1.59. The van der Waals surface area contributed by atoms with E-state index in [1.165, 1.54) is 25.7 Å². The summed E-state index contributed by atoms with van der Waals surface area (Å²) in [5.74, 6) is 1.51. The highest BCUT2D eigenvalue weighted by atomic mass is 16.5. The second-order valence-corrected chi connectivity index (χ2v) is 7.82. The summed E-state index contributed by atoms with van der Waals surface area (Å²) in [6.45, 7) is 0.953. The highest BCUT2D eigenvalue weighted by molar-refractivity contribution is 5.84. The number of rotatable bonds is 6. The first-order valence-corrected chi connectivity index (χ1v) is 10.4. The first-order valence-electron chi connectivity index (χ1n) is 10.4. The smallest absolute Gasteiger partial charge is 0.225 e. The van der Waals surface area contributed by atoms with E-state index < -0.39 is 0 Å². The zero-order valence-electron chi connectivity index (χ0n) is 17.0. The van der Waals surface area contributed by atoms with Crippen molar-refractivity contribution in [3.05, 3.63) is 23.8 Å². The monoisotopic (exact) mass is 388 g/mol. The number of amides is 2. The lowest BCUT2D eigenvalue weighted by Gasteiger charge is -2.37. The topological polar surface area (TPSA) is 67.9 Å². The Bertz CT molecular complexity index is 683. The van der Waals surface area contributed by atoms with E-state index in [0.29, 0.717) is 37.7 Å². The third-order valence-corrected chi connectivity index (χ3v) is 6.03. The second kappa shape index (κ2) is 9.80. The van der Waals surface area contributed by atoms with Crippen LogP contribution in [0.15, 0.2) is 18.2 Å². The number of carbonyl (C=O) groups excluding carboxylic acids is 2. The van der Waals surface area contributed by atoms with Gasteiger partial charge >= 0.3 is 0 Å². The van der Waals surface area contributed by atoms with Gasteiger partial charge in [0, 0.05) is 37.2 Å². The van der Waals surface area contributed by atoms with Crippen molar-refractivity contribution in [2.45, 2.75) is 64.0 Å². The summed E-state index contributed by atoms with van der Waals surface area (Å²) in [6, 6.07) is 5.89. The molecule has 154 valence electrons. The fourth-order valence-corrected chi connectivity index (χ4v) is 4.33. The Labute approximate surface area is 167 Å². The Morgan fingerprint density at radius 3 is 2.54 bits per heavy atom. The van der Waals surface area contributed by atoms with Crippen molar-refractivity contribution >= 4 is 11.8 Å². The lowest BCUT2D eigenvalue weighted by atomic mass is 9.93. The van der Waals surface area contributed by atoms with Crippen LogP contribution in [0, 0.1) is 5.92 Å². The van der Waals surface area contributed by atoms with Crippen molar-refractivity contribution in [3.8, 4) is 11.5 Å². The molecule has 1 heterocycles. The van der Waals surface area contributed by atoms with Crippen LogP contribution < -0.4 is 14.8 Å². The number of nitrogens with zero attached hydrogens (tertiary/aromatic N) is 1. The van der Waals surface area contributed by atoms with Gasteiger partial charge in [0.25, 0.3) is 0 Å². The van der Waals surface area contributed by atoms with Crippen molar-refractivity contribution in [3.63, 3.8) is 0 Å².